The summed E-state index contributed by atoms with van der Waals surface area (Å²) in [6, 6.07) is 8.64. The van der Waals surface area contributed by atoms with Gasteiger partial charge in [0.05, 0.1) is 7.11 Å². The molecule has 1 N–H and O–H groups in total. The molecule has 3 heteroatoms. The molecule has 4 saturated carbocycles. The first-order valence-corrected chi connectivity index (χ1v) is 13.4. The third-order valence-corrected chi connectivity index (χ3v) is 10.7. The van der Waals surface area contributed by atoms with E-state index in [1.807, 2.05) is 6.08 Å². The van der Waals surface area contributed by atoms with Crippen molar-refractivity contribution in [3.63, 3.8) is 0 Å². The standard InChI is InChI=1S/C31H38O3/c1-29-15-13-23(32)18-22(29)8-11-25-27-14-17-31(33,16-12-20-4-5-20)30(27,2)19-26(28(25)29)21-6-9-24(34-3)10-7-21/h6-7,9-10,18,20,25-28,33H,4-5,8,11,13-15,17,19H2,1-3H3/t25-,26?,27-,28?,29-,30-,31-/m0/s1. The summed E-state index contributed by atoms with van der Waals surface area (Å²) in [5, 5.41) is 12.0. The first kappa shape index (κ1) is 22.4. The Morgan fingerprint density at radius 2 is 1.79 bits per heavy atom. The normalized spacial score (nSPS) is 43.1. The molecule has 0 saturated heterocycles. The van der Waals surface area contributed by atoms with Gasteiger partial charge in [-0.1, -0.05) is 43.4 Å². The quantitative estimate of drug-likeness (QED) is 0.548. The van der Waals surface area contributed by atoms with Crippen LogP contribution in [0.4, 0.5) is 0 Å². The van der Waals surface area contributed by atoms with Gasteiger partial charge in [0.2, 0.25) is 0 Å². The van der Waals surface area contributed by atoms with Crippen molar-refractivity contribution >= 4 is 5.78 Å². The highest BCUT2D eigenvalue weighted by molar-refractivity contribution is 5.91. The molecule has 1 aromatic rings. The molecule has 34 heavy (non-hydrogen) atoms. The minimum absolute atomic E-state index is 0.0587. The average molecular weight is 459 g/mol. The van der Waals surface area contributed by atoms with Gasteiger partial charge < -0.3 is 9.84 Å². The highest BCUT2D eigenvalue weighted by Gasteiger charge is 2.66. The Balaban J connectivity index is 1.46. The van der Waals surface area contributed by atoms with Crippen molar-refractivity contribution in [1.29, 1.82) is 0 Å². The number of ketones is 1. The van der Waals surface area contributed by atoms with Gasteiger partial charge in [0.15, 0.2) is 5.78 Å². The second-order valence-corrected chi connectivity index (χ2v) is 12.3. The lowest BCUT2D eigenvalue weighted by Crippen LogP contribution is -2.57. The van der Waals surface area contributed by atoms with Crippen LogP contribution in [0, 0.1) is 46.3 Å². The van der Waals surface area contributed by atoms with E-state index in [0.717, 1.165) is 44.3 Å². The molecule has 0 radical (unpaired) electrons. The molecular formula is C31H38O3. The molecule has 180 valence electrons. The lowest BCUT2D eigenvalue weighted by atomic mass is 9.43. The summed E-state index contributed by atoms with van der Waals surface area (Å²) in [6.07, 6.45) is 11.0. The predicted octanol–water partition coefficient (Wildman–Crippen LogP) is 6.07. The Morgan fingerprint density at radius 1 is 1.03 bits per heavy atom. The Labute approximate surface area is 204 Å². The van der Waals surface area contributed by atoms with E-state index < -0.39 is 5.60 Å². The van der Waals surface area contributed by atoms with Gasteiger partial charge in [0, 0.05) is 17.8 Å². The molecule has 3 nitrogen and oxygen atoms in total. The topological polar surface area (TPSA) is 46.5 Å². The summed E-state index contributed by atoms with van der Waals surface area (Å²) >= 11 is 0. The molecule has 4 fully saturated rings. The Morgan fingerprint density at radius 3 is 2.50 bits per heavy atom. The van der Waals surface area contributed by atoms with E-state index in [2.05, 4.69) is 50.0 Å². The summed E-state index contributed by atoms with van der Waals surface area (Å²) in [7, 11) is 1.72. The second-order valence-electron chi connectivity index (χ2n) is 12.3. The van der Waals surface area contributed by atoms with Crippen LogP contribution in [0.1, 0.15) is 83.1 Å². The number of allylic oxidation sites excluding steroid dienone is 1. The fourth-order valence-electron chi connectivity index (χ4n) is 8.58. The highest BCUT2D eigenvalue weighted by atomic mass is 16.5. The zero-order valence-corrected chi connectivity index (χ0v) is 20.9. The minimum atomic E-state index is -0.893. The molecule has 0 heterocycles. The van der Waals surface area contributed by atoms with E-state index in [0.29, 0.717) is 41.8 Å². The van der Waals surface area contributed by atoms with Gasteiger partial charge in [-0.15, -0.1) is 0 Å². The smallest absolute Gasteiger partial charge is 0.155 e. The number of hydrogen-bond donors (Lipinski definition) is 1. The number of benzene rings is 1. The van der Waals surface area contributed by atoms with E-state index >= 15 is 0 Å². The van der Waals surface area contributed by atoms with Gasteiger partial charge in [0.25, 0.3) is 0 Å². The third-order valence-electron chi connectivity index (χ3n) is 10.7. The van der Waals surface area contributed by atoms with Crippen LogP contribution in [0.25, 0.3) is 0 Å². The van der Waals surface area contributed by atoms with Crippen LogP contribution in [0.2, 0.25) is 0 Å². The van der Waals surface area contributed by atoms with E-state index in [1.54, 1.807) is 7.11 Å². The molecule has 5 aliphatic rings. The fourth-order valence-corrected chi connectivity index (χ4v) is 8.58. The van der Waals surface area contributed by atoms with Gasteiger partial charge in [-0.25, -0.2) is 0 Å². The van der Waals surface area contributed by atoms with Crippen molar-refractivity contribution in [2.75, 3.05) is 7.11 Å². The van der Waals surface area contributed by atoms with E-state index in [4.69, 9.17) is 4.74 Å². The second kappa shape index (κ2) is 7.72. The Kier molecular flexibility index (Phi) is 5.09. The van der Waals surface area contributed by atoms with Crippen molar-refractivity contribution in [3.05, 3.63) is 41.5 Å². The zero-order chi connectivity index (χ0) is 23.7. The first-order valence-electron chi connectivity index (χ1n) is 13.4. The maximum Gasteiger partial charge on any atom is 0.155 e. The number of ether oxygens (including phenoxy) is 1. The molecule has 0 amide bonds. The molecule has 5 aliphatic carbocycles. The lowest BCUT2D eigenvalue weighted by Gasteiger charge is -2.61. The summed E-state index contributed by atoms with van der Waals surface area (Å²) < 4.78 is 5.46. The molecule has 0 spiro atoms. The summed E-state index contributed by atoms with van der Waals surface area (Å²) in [5.41, 5.74) is 1.69. The number of methoxy groups -OCH3 is 1. The number of fused-ring (bicyclic) bond motifs is 5. The van der Waals surface area contributed by atoms with Crippen LogP contribution in [-0.2, 0) is 4.79 Å². The van der Waals surface area contributed by atoms with E-state index in [-0.39, 0.29) is 10.8 Å². The Hall–Kier alpha value is -2.05. The third kappa shape index (κ3) is 3.25. The summed E-state index contributed by atoms with van der Waals surface area (Å²) in [4.78, 5) is 12.4. The van der Waals surface area contributed by atoms with Crippen LogP contribution in [0.3, 0.4) is 0 Å². The average Bonchev–Trinajstić information content (AvgIpc) is 3.62. The molecule has 0 aromatic heterocycles. The maximum atomic E-state index is 12.4. The number of hydrogen-bond acceptors (Lipinski definition) is 3. The number of aliphatic hydroxyl groups is 1. The fraction of sp³-hybridized carbons (Fsp3) is 0.645. The molecule has 1 aromatic carbocycles. The van der Waals surface area contributed by atoms with Gasteiger partial charge in [0.1, 0.15) is 11.4 Å². The van der Waals surface area contributed by atoms with E-state index in [9.17, 15) is 9.90 Å². The number of carbonyl (C=O) groups excluding carboxylic acids is 1. The van der Waals surface area contributed by atoms with Crippen molar-refractivity contribution in [1.82, 2.24) is 0 Å². The zero-order valence-electron chi connectivity index (χ0n) is 20.9. The minimum Gasteiger partial charge on any atom is -0.497 e. The largest absolute Gasteiger partial charge is 0.497 e. The van der Waals surface area contributed by atoms with Crippen molar-refractivity contribution in [2.45, 2.75) is 83.2 Å². The number of carbonyl (C=O) groups is 1. The lowest BCUT2D eigenvalue weighted by molar-refractivity contribution is -0.122. The summed E-state index contributed by atoms with van der Waals surface area (Å²) in [5.74, 6) is 10.4. The maximum absolute atomic E-state index is 12.4. The van der Waals surface area contributed by atoms with Gasteiger partial charge in [-0.2, -0.15) is 0 Å². The Bertz CT molecular complexity index is 1090. The van der Waals surface area contributed by atoms with Crippen molar-refractivity contribution in [3.8, 4) is 17.6 Å². The molecule has 6 rings (SSSR count). The van der Waals surface area contributed by atoms with Crippen molar-refractivity contribution in [2.24, 2.45) is 34.5 Å². The first-order chi connectivity index (χ1) is 16.3. The number of rotatable bonds is 2. The van der Waals surface area contributed by atoms with Crippen LogP contribution in [0.15, 0.2) is 35.9 Å². The van der Waals surface area contributed by atoms with Gasteiger partial charge in [-0.05, 0) is 104 Å². The predicted molar refractivity (Wildman–Crippen MR) is 133 cm³/mol. The van der Waals surface area contributed by atoms with Gasteiger partial charge >= 0.3 is 0 Å². The van der Waals surface area contributed by atoms with Crippen LogP contribution in [0.5, 0.6) is 5.75 Å². The molecule has 7 atom stereocenters. The SMILES string of the molecule is COc1ccc(C2C[C@@]3(C)[C@@H](CC[C@@]3(O)C#CC3CC3)[C@@H]3CCC4=CC(=O)CC[C@]4(C)C23)cc1. The molecule has 0 bridgehead atoms. The molecule has 0 aliphatic heterocycles. The van der Waals surface area contributed by atoms with Crippen molar-refractivity contribution < 1.29 is 14.6 Å². The molecule has 2 unspecified atom stereocenters. The van der Waals surface area contributed by atoms with Crippen LogP contribution in [-0.4, -0.2) is 23.6 Å². The highest BCUT2D eigenvalue weighted by Crippen LogP contribution is 2.70. The molecular weight excluding hydrogens is 420 g/mol. The monoisotopic (exact) mass is 458 g/mol. The van der Waals surface area contributed by atoms with E-state index in [1.165, 1.54) is 24.0 Å². The van der Waals surface area contributed by atoms with Crippen LogP contribution >= 0.6 is 0 Å². The van der Waals surface area contributed by atoms with Crippen LogP contribution < -0.4 is 4.74 Å². The van der Waals surface area contributed by atoms with Gasteiger partial charge in [-0.3, -0.25) is 4.79 Å². The summed E-state index contributed by atoms with van der Waals surface area (Å²) in [6.45, 7) is 4.78.